The Morgan fingerprint density at radius 2 is 1.39 bits per heavy atom. The smallest absolute Gasteiger partial charge is 0.338 e. The average Bonchev–Trinajstić information content (AvgIpc) is 3.33. The van der Waals surface area contributed by atoms with Crippen molar-refractivity contribution in [2.75, 3.05) is 6.61 Å². The minimum absolute atomic E-state index is 0.0903. The highest BCUT2D eigenvalue weighted by Crippen LogP contribution is 2.39. The number of rotatable bonds is 9. The minimum atomic E-state index is -0.669. The number of hydrogen-bond donors (Lipinski definition) is 0. The van der Waals surface area contributed by atoms with Crippen molar-refractivity contribution in [3.63, 3.8) is 0 Å². The lowest BCUT2D eigenvalue weighted by Gasteiger charge is -2.15. The van der Waals surface area contributed by atoms with Crippen LogP contribution >= 0.6 is 0 Å². The van der Waals surface area contributed by atoms with E-state index < -0.39 is 23.7 Å². The van der Waals surface area contributed by atoms with Gasteiger partial charge in [-0.15, -0.1) is 0 Å². The summed E-state index contributed by atoms with van der Waals surface area (Å²) in [5.41, 5.74) is 4.98. The molecule has 0 bridgehead atoms. The molecule has 0 fully saturated rings. The Balaban J connectivity index is 1.61. The molecule has 0 N–H and O–H groups in total. The van der Waals surface area contributed by atoms with E-state index in [1.54, 1.807) is 25.1 Å². The predicted octanol–water partition coefficient (Wildman–Crippen LogP) is 7.27. The van der Waals surface area contributed by atoms with Crippen LogP contribution in [0.5, 0.6) is 11.5 Å². The number of benzene rings is 3. The van der Waals surface area contributed by atoms with Crippen LogP contribution in [-0.4, -0.2) is 24.5 Å². The van der Waals surface area contributed by atoms with Gasteiger partial charge in [0, 0.05) is 39.8 Å². The molecule has 210 valence electrons. The Morgan fingerprint density at radius 1 is 0.780 bits per heavy atom. The topological polar surface area (TPSA) is 78.9 Å². The van der Waals surface area contributed by atoms with Gasteiger partial charge in [-0.3, -0.25) is 0 Å². The van der Waals surface area contributed by atoms with Gasteiger partial charge in [-0.05, 0) is 74.1 Å². The molecular formula is C34H31FO6. The van der Waals surface area contributed by atoms with E-state index in [2.05, 4.69) is 19.7 Å². The molecule has 1 atom stereocenters. The summed E-state index contributed by atoms with van der Waals surface area (Å²) in [4.78, 5) is 36.1. The van der Waals surface area contributed by atoms with Crippen molar-refractivity contribution in [3.8, 4) is 33.8 Å². The van der Waals surface area contributed by atoms with E-state index in [1.165, 1.54) is 32.0 Å². The van der Waals surface area contributed by atoms with Crippen molar-refractivity contribution in [2.45, 2.75) is 39.5 Å². The van der Waals surface area contributed by atoms with Crippen LogP contribution in [-0.2, 0) is 25.5 Å². The third-order valence-corrected chi connectivity index (χ3v) is 6.76. The fourth-order valence-corrected chi connectivity index (χ4v) is 4.53. The largest absolute Gasteiger partial charge is 0.462 e. The number of carbonyl (C=O) groups is 3. The van der Waals surface area contributed by atoms with E-state index in [0.29, 0.717) is 22.3 Å². The molecule has 3 aromatic rings. The molecule has 41 heavy (non-hydrogen) atoms. The van der Waals surface area contributed by atoms with Gasteiger partial charge < -0.3 is 14.2 Å². The number of halogens is 1. The molecule has 0 spiro atoms. The first-order valence-corrected chi connectivity index (χ1v) is 13.1. The second kappa shape index (κ2) is 12.2. The first-order chi connectivity index (χ1) is 19.4. The second-order valence-corrected chi connectivity index (χ2v) is 10.2. The maximum atomic E-state index is 15.5. The molecule has 0 heterocycles. The van der Waals surface area contributed by atoms with Gasteiger partial charge in [0.25, 0.3) is 0 Å². The summed E-state index contributed by atoms with van der Waals surface area (Å²) in [6.45, 7) is 15.7. The lowest BCUT2D eigenvalue weighted by Crippen LogP contribution is -2.11. The van der Waals surface area contributed by atoms with Gasteiger partial charge >= 0.3 is 17.9 Å². The van der Waals surface area contributed by atoms with E-state index in [9.17, 15) is 14.4 Å². The van der Waals surface area contributed by atoms with Gasteiger partial charge in [-0.25, -0.2) is 18.8 Å². The molecule has 6 nitrogen and oxygen atoms in total. The number of ether oxygens (including phenoxy) is 3. The third-order valence-electron chi connectivity index (χ3n) is 6.76. The van der Waals surface area contributed by atoms with Gasteiger partial charge in [0.1, 0.15) is 17.3 Å². The Kier molecular flexibility index (Phi) is 8.67. The molecule has 0 amide bonds. The molecule has 1 aliphatic rings. The summed E-state index contributed by atoms with van der Waals surface area (Å²) in [6.07, 6.45) is 1.64. The number of carbonyl (C=O) groups excluding carboxylic acids is 3. The molecular weight excluding hydrogens is 523 g/mol. The van der Waals surface area contributed by atoms with Crippen LogP contribution < -0.4 is 9.47 Å². The number of fused-ring (bicyclic) bond motifs is 1. The molecule has 1 unspecified atom stereocenters. The summed E-state index contributed by atoms with van der Waals surface area (Å²) >= 11 is 0. The number of aryl methyl sites for hydroxylation is 1. The van der Waals surface area contributed by atoms with Crippen molar-refractivity contribution in [3.05, 3.63) is 108 Å². The highest BCUT2D eigenvalue weighted by Gasteiger charge is 2.25. The Hall–Kier alpha value is -4.78. The molecule has 4 rings (SSSR count). The van der Waals surface area contributed by atoms with Crippen LogP contribution in [0, 0.1) is 5.82 Å². The summed E-state index contributed by atoms with van der Waals surface area (Å²) in [6, 6.07) is 15.1. The van der Waals surface area contributed by atoms with Crippen LogP contribution in [0.4, 0.5) is 4.39 Å². The van der Waals surface area contributed by atoms with E-state index in [0.717, 1.165) is 29.5 Å². The van der Waals surface area contributed by atoms with E-state index in [4.69, 9.17) is 14.2 Å². The lowest BCUT2D eigenvalue weighted by molar-refractivity contribution is -0.139. The molecule has 0 saturated heterocycles. The highest BCUT2D eigenvalue weighted by molar-refractivity contribution is 5.91. The Labute approximate surface area is 238 Å². The van der Waals surface area contributed by atoms with E-state index in [-0.39, 0.29) is 35.2 Å². The molecule has 0 saturated carbocycles. The van der Waals surface area contributed by atoms with Crippen LogP contribution in [0.15, 0.2) is 91.1 Å². The quantitative estimate of drug-likeness (QED) is 0.157. The summed E-state index contributed by atoms with van der Waals surface area (Å²) in [5.74, 6) is -1.83. The van der Waals surface area contributed by atoms with Gasteiger partial charge in [-0.1, -0.05) is 50.1 Å². The van der Waals surface area contributed by atoms with Crippen molar-refractivity contribution in [2.24, 2.45) is 0 Å². The van der Waals surface area contributed by atoms with Gasteiger partial charge in [-0.2, -0.15) is 0 Å². The first-order valence-electron chi connectivity index (χ1n) is 13.1. The van der Waals surface area contributed by atoms with Crippen molar-refractivity contribution in [1.82, 2.24) is 0 Å². The van der Waals surface area contributed by atoms with Gasteiger partial charge in [0.2, 0.25) is 0 Å². The first kappa shape index (κ1) is 29.2. The molecule has 1 aliphatic carbocycles. The number of esters is 3. The van der Waals surface area contributed by atoms with Crippen LogP contribution in [0.2, 0.25) is 0 Å². The van der Waals surface area contributed by atoms with Crippen LogP contribution in [0.1, 0.15) is 44.2 Å². The predicted molar refractivity (Wildman–Crippen MR) is 155 cm³/mol. The van der Waals surface area contributed by atoms with Gasteiger partial charge in [0.05, 0.1) is 6.61 Å². The molecule has 0 aliphatic heterocycles. The number of hydrogen-bond acceptors (Lipinski definition) is 6. The summed E-state index contributed by atoms with van der Waals surface area (Å²) < 4.78 is 31.7. The highest BCUT2D eigenvalue weighted by atomic mass is 19.1. The normalized spacial score (nSPS) is 13.6. The summed E-state index contributed by atoms with van der Waals surface area (Å²) in [7, 11) is 0. The lowest BCUT2D eigenvalue weighted by atomic mass is 9.95. The molecule has 0 radical (unpaired) electrons. The van der Waals surface area contributed by atoms with Gasteiger partial charge in [0.15, 0.2) is 0 Å². The second-order valence-electron chi connectivity index (χ2n) is 10.2. The standard InChI is InChI=1S/C34H31FO6/c1-19(2)32(36)39-18-25-8-7-22-15-23(9-12-27(22)25)28-13-10-24(16-30(28)35)29-14-11-26(40-33(37)20(3)4)17-31(29)41-34(38)21(5)6/h9-17,25H,1,3,5,7-8,18H2,2,4,6H3. The Morgan fingerprint density at radius 3 is 2.05 bits per heavy atom. The van der Waals surface area contributed by atoms with Crippen molar-refractivity contribution in [1.29, 1.82) is 0 Å². The fourth-order valence-electron chi connectivity index (χ4n) is 4.53. The maximum absolute atomic E-state index is 15.5. The molecule has 7 heteroatoms. The zero-order valence-corrected chi connectivity index (χ0v) is 23.3. The summed E-state index contributed by atoms with van der Waals surface area (Å²) in [5, 5.41) is 0. The fraction of sp³-hybridized carbons (Fsp3) is 0.206. The monoisotopic (exact) mass is 554 g/mol. The average molecular weight is 555 g/mol. The van der Waals surface area contributed by atoms with E-state index in [1.807, 2.05) is 18.2 Å². The molecule has 3 aromatic carbocycles. The maximum Gasteiger partial charge on any atom is 0.338 e. The zero-order valence-electron chi connectivity index (χ0n) is 23.3. The van der Waals surface area contributed by atoms with Crippen molar-refractivity contribution < 1.29 is 33.0 Å². The van der Waals surface area contributed by atoms with Crippen LogP contribution in [0.25, 0.3) is 22.3 Å². The van der Waals surface area contributed by atoms with Crippen molar-refractivity contribution >= 4 is 17.9 Å². The Bertz CT molecular complexity index is 1600. The SMILES string of the molecule is C=C(C)C(=O)OCC1CCc2cc(-c3ccc(-c4ccc(OC(=O)C(=C)C)cc4OC(=O)C(=C)C)cc3F)ccc21. The van der Waals surface area contributed by atoms with Crippen LogP contribution in [0.3, 0.4) is 0 Å². The van der Waals surface area contributed by atoms with E-state index >= 15 is 4.39 Å². The minimum Gasteiger partial charge on any atom is -0.462 e. The third kappa shape index (κ3) is 6.69. The molecule has 0 aromatic heterocycles. The zero-order chi connectivity index (χ0) is 29.8.